The number of nitrogens with one attached hydrogen (secondary N) is 3. The average Bonchev–Trinajstić information content (AvgIpc) is 2.81. The van der Waals surface area contributed by atoms with E-state index in [4.69, 9.17) is 16.3 Å². The number of amides is 1. The van der Waals surface area contributed by atoms with Crippen molar-refractivity contribution in [2.75, 3.05) is 25.0 Å². The molecule has 0 saturated heterocycles. The van der Waals surface area contributed by atoms with Gasteiger partial charge in [-0.05, 0) is 74.5 Å². The van der Waals surface area contributed by atoms with E-state index >= 15 is 0 Å². The molecule has 10 heteroatoms. The minimum atomic E-state index is -0.810. The van der Waals surface area contributed by atoms with Gasteiger partial charge in [0, 0.05) is 30.7 Å². The standard InChI is InChI=1S/C26H31ClF2N4O3/c1-26(2,35)16-30-10-4-6-21(31-14-18-5-3-7-22(29)24(18)27)15-36-25(34)33-23-12-19-11-20(28)9-8-17(19)13-32-23/h3,5,7-9,11-13,21,30-31,35H,4,6,10,14-16H2,1-2H3,(H,32,33,34)/t21-/m0/s1. The molecule has 0 saturated carbocycles. The van der Waals surface area contributed by atoms with Gasteiger partial charge in [-0.25, -0.2) is 18.6 Å². The minimum Gasteiger partial charge on any atom is -0.448 e. The smallest absolute Gasteiger partial charge is 0.412 e. The van der Waals surface area contributed by atoms with Crippen molar-refractivity contribution in [2.45, 2.75) is 44.9 Å². The van der Waals surface area contributed by atoms with E-state index in [0.29, 0.717) is 37.0 Å². The molecule has 1 aromatic heterocycles. The Morgan fingerprint density at radius 1 is 1.19 bits per heavy atom. The van der Waals surface area contributed by atoms with Crippen LogP contribution in [0.2, 0.25) is 5.02 Å². The first-order valence-electron chi connectivity index (χ1n) is 11.7. The molecular weight excluding hydrogens is 490 g/mol. The number of aliphatic hydroxyl groups is 1. The van der Waals surface area contributed by atoms with Crippen LogP contribution in [0.15, 0.2) is 48.7 Å². The number of fused-ring (bicyclic) bond motifs is 1. The first kappa shape index (κ1) is 27.7. The molecule has 0 aliphatic carbocycles. The van der Waals surface area contributed by atoms with Gasteiger partial charge in [0.1, 0.15) is 24.1 Å². The number of carbonyl (C=O) groups excluding carboxylic acids is 1. The van der Waals surface area contributed by atoms with Crippen LogP contribution in [0.25, 0.3) is 10.8 Å². The molecule has 194 valence electrons. The third-order valence-electron chi connectivity index (χ3n) is 5.41. The maximum absolute atomic E-state index is 13.8. The third kappa shape index (κ3) is 8.98. The monoisotopic (exact) mass is 520 g/mol. The number of rotatable bonds is 12. The summed E-state index contributed by atoms with van der Waals surface area (Å²) in [7, 11) is 0. The molecule has 36 heavy (non-hydrogen) atoms. The van der Waals surface area contributed by atoms with E-state index in [0.717, 1.165) is 11.8 Å². The van der Waals surface area contributed by atoms with Crippen molar-refractivity contribution in [1.82, 2.24) is 15.6 Å². The van der Waals surface area contributed by atoms with E-state index in [1.807, 2.05) is 0 Å². The van der Waals surface area contributed by atoms with E-state index in [-0.39, 0.29) is 29.3 Å². The second-order valence-corrected chi connectivity index (χ2v) is 9.58. The Hall–Kier alpha value is -2.85. The van der Waals surface area contributed by atoms with Crippen LogP contribution in [0.4, 0.5) is 19.4 Å². The summed E-state index contributed by atoms with van der Waals surface area (Å²) in [5, 5.41) is 20.2. The summed E-state index contributed by atoms with van der Waals surface area (Å²) in [5.41, 5.74) is -0.214. The number of ether oxygens (including phenoxy) is 1. The number of hydrogen-bond acceptors (Lipinski definition) is 6. The van der Waals surface area contributed by atoms with Crippen LogP contribution >= 0.6 is 11.6 Å². The molecule has 0 aliphatic heterocycles. The zero-order valence-corrected chi connectivity index (χ0v) is 21.0. The van der Waals surface area contributed by atoms with Crippen molar-refractivity contribution in [3.05, 3.63) is 70.9 Å². The fourth-order valence-electron chi connectivity index (χ4n) is 3.55. The van der Waals surface area contributed by atoms with Crippen LogP contribution in [-0.4, -0.2) is 47.5 Å². The summed E-state index contributed by atoms with van der Waals surface area (Å²) < 4.78 is 32.7. The average molecular weight is 521 g/mol. The molecule has 0 fully saturated rings. The van der Waals surface area contributed by atoms with Crippen molar-refractivity contribution >= 4 is 34.3 Å². The molecule has 2 aromatic carbocycles. The second-order valence-electron chi connectivity index (χ2n) is 9.21. The Morgan fingerprint density at radius 2 is 2.00 bits per heavy atom. The topological polar surface area (TPSA) is 95.5 Å². The Labute approximate surface area is 214 Å². The highest BCUT2D eigenvalue weighted by atomic mass is 35.5. The summed E-state index contributed by atoms with van der Waals surface area (Å²) in [5.74, 6) is -0.640. The Bertz CT molecular complexity index is 1170. The zero-order chi connectivity index (χ0) is 26.1. The second kappa shape index (κ2) is 12.9. The highest BCUT2D eigenvalue weighted by molar-refractivity contribution is 6.31. The molecule has 4 N–H and O–H groups in total. The predicted octanol–water partition coefficient (Wildman–Crippen LogP) is 5.01. The summed E-state index contributed by atoms with van der Waals surface area (Å²) in [6, 6.07) is 10.2. The van der Waals surface area contributed by atoms with Gasteiger partial charge in [-0.3, -0.25) is 5.32 Å². The lowest BCUT2D eigenvalue weighted by molar-refractivity contribution is 0.0797. The van der Waals surface area contributed by atoms with E-state index in [2.05, 4.69) is 20.9 Å². The molecule has 0 aliphatic rings. The van der Waals surface area contributed by atoms with Crippen LogP contribution in [0.5, 0.6) is 0 Å². The lowest BCUT2D eigenvalue weighted by atomic mass is 10.1. The van der Waals surface area contributed by atoms with Crippen LogP contribution in [0.1, 0.15) is 32.3 Å². The number of hydrogen-bond donors (Lipinski definition) is 4. The van der Waals surface area contributed by atoms with Crippen LogP contribution in [0.3, 0.4) is 0 Å². The normalized spacial score (nSPS) is 12.5. The zero-order valence-electron chi connectivity index (χ0n) is 20.3. The maximum Gasteiger partial charge on any atom is 0.412 e. The van der Waals surface area contributed by atoms with Crippen molar-refractivity contribution in [3.8, 4) is 0 Å². The van der Waals surface area contributed by atoms with Crippen molar-refractivity contribution in [3.63, 3.8) is 0 Å². The van der Waals surface area contributed by atoms with Gasteiger partial charge in [0.15, 0.2) is 0 Å². The molecule has 1 atom stereocenters. The van der Waals surface area contributed by atoms with Gasteiger partial charge < -0.3 is 20.5 Å². The van der Waals surface area contributed by atoms with E-state index in [9.17, 15) is 18.7 Å². The van der Waals surface area contributed by atoms with E-state index in [1.165, 1.54) is 24.4 Å². The van der Waals surface area contributed by atoms with Crippen molar-refractivity contribution in [1.29, 1.82) is 0 Å². The predicted molar refractivity (Wildman–Crippen MR) is 137 cm³/mol. The first-order valence-corrected chi connectivity index (χ1v) is 12.1. The molecule has 0 bridgehead atoms. The lowest BCUT2D eigenvalue weighted by Crippen LogP contribution is -2.37. The maximum atomic E-state index is 13.8. The largest absolute Gasteiger partial charge is 0.448 e. The lowest BCUT2D eigenvalue weighted by Gasteiger charge is -2.21. The number of benzene rings is 2. The molecule has 1 heterocycles. The third-order valence-corrected chi connectivity index (χ3v) is 5.83. The van der Waals surface area contributed by atoms with Gasteiger partial charge >= 0.3 is 6.09 Å². The van der Waals surface area contributed by atoms with Crippen LogP contribution in [0, 0.1) is 11.6 Å². The Morgan fingerprint density at radius 3 is 2.78 bits per heavy atom. The van der Waals surface area contributed by atoms with E-state index < -0.39 is 17.5 Å². The Kier molecular flexibility index (Phi) is 9.95. The highest BCUT2D eigenvalue weighted by Crippen LogP contribution is 2.20. The van der Waals surface area contributed by atoms with Gasteiger partial charge in [-0.15, -0.1) is 0 Å². The number of carbonyl (C=O) groups is 1. The fraction of sp³-hybridized carbons (Fsp3) is 0.385. The van der Waals surface area contributed by atoms with Gasteiger partial charge in [0.25, 0.3) is 0 Å². The van der Waals surface area contributed by atoms with Gasteiger partial charge in [-0.1, -0.05) is 23.7 Å². The molecule has 0 spiro atoms. The summed E-state index contributed by atoms with van der Waals surface area (Å²) in [6.07, 6.45) is 2.23. The number of nitrogens with zero attached hydrogens (tertiary/aromatic N) is 1. The molecule has 1 amide bonds. The minimum absolute atomic E-state index is 0.0481. The molecule has 0 radical (unpaired) electrons. The Balaban J connectivity index is 1.55. The van der Waals surface area contributed by atoms with Gasteiger partial charge in [0.05, 0.1) is 10.6 Å². The van der Waals surface area contributed by atoms with Gasteiger partial charge in [-0.2, -0.15) is 0 Å². The summed E-state index contributed by atoms with van der Waals surface area (Å²) in [6.45, 7) is 4.90. The first-order chi connectivity index (χ1) is 17.1. The van der Waals surface area contributed by atoms with Crippen LogP contribution in [-0.2, 0) is 11.3 Å². The highest BCUT2D eigenvalue weighted by Gasteiger charge is 2.15. The number of anilines is 1. The number of pyridine rings is 1. The van der Waals surface area contributed by atoms with E-state index in [1.54, 1.807) is 38.1 Å². The summed E-state index contributed by atoms with van der Waals surface area (Å²) >= 11 is 6.06. The number of aromatic nitrogens is 1. The molecule has 3 rings (SSSR count). The molecule has 3 aromatic rings. The molecule has 7 nitrogen and oxygen atoms in total. The molecular formula is C26H31ClF2N4O3. The van der Waals surface area contributed by atoms with Gasteiger partial charge in [0.2, 0.25) is 0 Å². The van der Waals surface area contributed by atoms with Crippen molar-refractivity contribution < 1.29 is 23.4 Å². The summed E-state index contributed by atoms with van der Waals surface area (Å²) in [4.78, 5) is 16.6. The van der Waals surface area contributed by atoms with Crippen LogP contribution < -0.4 is 16.0 Å². The number of halogens is 3. The fourth-order valence-corrected chi connectivity index (χ4v) is 3.74. The quantitative estimate of drug-likeness (QED) is 0.251. The molecule has 0 unspecified atom stereocenters. The van der Waals surface area contributed by atoms with Crippen molar-refractivity contribution in [2.24, 2.45) is 0 Å². The SMILES string of the molecule is CC(C)(O)CNCCC[C@@H](COC(=O)Nc1cc2cc(F)ccc2cn1)NCc1cccc(F)c1Cl.